The first kappa shape index (κ1) is 36.1. The number of rotatable bonds is 5. The van der Waals surface area contributed by atoms with Crippen LogP contribution >= 0.6 is 11.3 Å². The van der Waals surface area contributed by atoms with Crippen molar-refractivity contribution in [3.63, 3.8) is 0 Å². The van der Waals surface area contributed by atoms with E-state index in [0.29, 0.717) is 0 Å². The molecule has 5 heterocycles. The molecule has 0 spiro atoms. The maximum absolute atomic E-state index is 6.99. The Morgan fingerprint density at radius 2 is 1.15 bits per heavy atom. The number of hydrogen-bond acceptors (Lipinski definition) is 4. The predicted octanol–water partition coefficient (Wildman–Crippen LogP) is 16.8. The second-order valence-corrected chi connectivity index (χ2v) is 17.9. The molecular weight excluding hydrogens is 811 g/mol. The van der Waals surface area contributed by atoms with Crippen LogP contribution in [0.4, 0.5) is 0 Å². The summed E-state index contributed by atoms with van der Waals surface area (Å²) in [5, 5.41) is 9.31. The lowest BCUT2D eigenvalue weighted by atomic mass is 9.92. The van der Waals surface area contributed by atoms with E-state index in [1.54, 1.807) is 0 Å². The second-order valence-electron chi connectivity index (χ2n) is 16.9. The zero-order chi connectivity index (χ0) is 42.6. The summed E-state index contributed by atoms with van der Waals surface area (Å²) in [5.74, 6) is 0. The average molecular weight is 846 g/mol. The maximum atomic E-state index is 6.99. The molecule has 0 unspecified atom stereocenters. The van der Waals surface area contributed by atoms with Gasteiger partial charge in [-0.2, -0.15) is 0 Å². The van der Waals surface area contributed by atoms with Gasteiger partial charge in [0.1, 0.15) is 11.2 Å². The molecule has 0 saturated heterocycles. The number of thiophene rings is 1. The Morgan fingerprint density at radius 1 is 0.400 bits per heavy atom. The molecule has 65 heavy (non-hydrogen) atoms. The molecule has 0 aliphatic carbocycles. The summed E-state index contributed by atoms with van der Waals surface area (Å²) in [4.78, 5) is 10.2. The van der Waals surface area contributed by atoms with Crippen molar-refractivity contribution < 1.29 is 4.42 Å². The van der Waals surface area contributed by atoms with Crippen molar-refractivity contribution in [2.75, 3.05) is 0 Å². The van der Waals surface area contributed by atoms with Crippen LogP contribution in [0.1, 0.15) is 0 Å². The van der Waals surface area contributed by atoms with Gasteiger partial charge in [0.25, 0.3) is 0 Å². The van der Waals surface area contributed by atoms with Gasteiger partial charge in [0.05, 0.1) is 27.8 Å². The molecule has 0 radical (unpaired) electrons. The summed E-state index contributed by atoms with van der Waals surface area (Å²) in [6, 6.07) is 74.0. The minimum absolute atomic E-state index is 0.834. The van der Waals surface area contributed by atoms with E-state index in [-0.39, 0.29) is 0 Å². The fourth-order valence-electron chi connectivity index (χ4n) is 10.3. The topological polar surface area (TPSA) is 43.9 Å². The summed E-state index contributed by atoms with van der Waals surface area (Å²) in [6.45, 7) is 0. The largest absolute Gasteiger partial charge is 0.456 e. The van der Waals surface area contributed by atoms with E-state index < -0.39 is 0 Å². The van der Waals surface area contributed by atoms with Crippen LogP contribution in [0.2, 0.25) is 0 Å². The minimum atomic E-state index is 0.834. The molecule has 14 aromatic rings. The van der Waals surface area contributed by atoms with E-state index in [0.717, 1.165) is 94.0 Å². The molecule has 5 aromatic heterocycles. The number of aromatic nitrogens is 3. The molecule has 302 valence electrons. The Bertz CT molecular complexity index is 4240. The first-order valence-electron chi connectivity index (χ1n) is 22.0. The Labute approximate surface area is 376 Å². The predicted molar refractivity (Wildman–Crippen MR) is 273 cm³/mol. The van der Waals surface area contributed by atoms with Crippen molar-refractivity contribution in [1.29, 1.82) is 0 Å². The lowest BCUT2D eigenvalue weighted by molar-refractivity contribution is 0.669. The van der Waals surface area contributed by atoms with Crippen LogP contribution in [0.3, 0.4) is 0 Å². The summed E-state index contributed by atoms with van der Waals surface area (Å²) in [7, 11) is 0. The Balaban J connectivity index is 0.966. The van der Waals surface area contributed by atoms with Crippen molar-refractivity contribution in [3.05, 3.63) is 212 Å². The van der Waals surface area contributed by atoms with Gasteiger partial charge in [-0.25, -0.2) is 4.98 Å². The molecule has 0 saturated carbocycles. The number of para-hydroxylation sites is 1. The van der Waals surface area contributed by atoms with E-state index in [2.05, 4.69) is 205 Å². The summed E-state index contributed by atoms with van der Waals surface area (Å²) < 4.78 is 12.0. The van der Waals surface area contributed by atoms with Crippen LogP contribution in [-0.4, -0.2) is 14.5 Å². The van der Waals surface area contributed by atoms with E-state index in [9.17, 15) is 0 Å². The lowest BCUT2D eigenvalue weighted by Gasteiger charge is -2.13. The van der Waals surface area contributed by atoms with Crippen molar-refractivity contribution in [2.45, 2.75) is 0 Å². The fourth-order valence-corrected chi connectivity index (χ4v) is 11.4. The third kappa shape index (κ3) is 5.56. The van der Waals surface area contributed by atoms with E-state index >= 15 is 0 Å². The van der Waals surface area contributed by atoms with Crippen molar-refractivity contribution in [2.24, 2.45) is 0 Å². The van der Waals surface area contributed by atoms with Gasteiger partial charge in [-0.15, -0.1) is 11.3 Å². The van der Waals surface area contributed by atoms with Crippen LogP contribution in [-0.2, 0) is 0 Å². The zero-order valence-electron chi connectivity index (χ0n) is 34.9. The first-order valence-corrected chi connectivity index (χ1v) is 22.8. The second kappa shape index (κ2) is 14.1. The molecule has 4 nitrogen and oxygen atoms in total. The fraction of sp³-hybridized carbons (Fsp3) is 0. The number of benzene rings is 9. The van der Waals surface area contributed by atoms with Gasteiger partial charge >= 0.3 is 0 Å². The highest BCUT2D eigenvalue weighted by Crippen LogP contribution is 2.45. The Morgan fingerprint density at radius 3 is 2.05 bits per heavy atom. The summed E-state index contributed by atoms with van der Waals surface area (Å²) in [5.41, 5.74) is 15.7. The molecule has 0 aliphatic rings. The van der Waals surface area contributed by atoms with Crippen molar-refractivity contribution >= 4 is 97.1 Å². The molecule has 5 heteroatoms. The molecule has 0 fully saturated rings. The molecular formula is C60H35N3OS. The average Bonchev–Trinajstić information content (AvgIpc) is 4.05. The van der Waals surface area contributed by atoms with Gasteiger partial charge in [-0.3, -0.25) is 4.98 Å². The molecule has 14 rings (SSSR count). The number of fused-ring (bicyclic) bond motifs is 12. The smallest absolute Gasteiger partial charge is 0.137 e. The zero-order valence-corrected chi connectivity index (χ0v) is 35.7. The number of hydrogen-bond donors (Lipinski definition) is 0. The molecule has 0 amide bonds. The highest BCUT2D eigenvalue weighted by atomic mass is 32.1. The number of nitrogens with zero attached hydrogens (tertiary/aromatic N) is 3. The van der Waals surface area contributed by atoms with E-state index in [4.69, 9.17) is 14.4 Å². The van der Waals surface area contributed by atoms with Gasteiger partial charge in [-0.05, 0) is 100 Å². The van der Waals surface area contributed by atoms with Crippen LogP contribution in [0.25, 0.3) is 136 Å². The third-order valence-corrected chi connectivity index (χ3v) is 14.4. The van der Waals surface area contributed by atoms with E-state index in [1.807, 2.05) is 23.6 Å². The van der Waals surface area contributed by atoms with Crippen LogP contribution in [0, 0.1) is 0 Å². The highest BCUT2D eigenvalue weighted by Gasteiger charge is 2.21. The quantitative estimate of drug-likeness (QED) is 0.162. The number of pyridine rings is 2. The van der Waals surface area contributed by atoms with Crippen LogP contribution in [0.5, 0.6) is 0 Å². The van der Waals surface area contributed by atoms with Crippen LogP contribution in [0.15, 0.2) is 217 Å². The molecule has 0 bridgehead atoms. The van der Waals surface area contributed by atoms with Crippen molar-refractivity contribution in [3.8, 4) is 50.3 Å². The Hall–Kier alpha value is -8.38. The van der Waals surface area contributed by atoms with Gasteiger partial charge in [-0.1, -0.05) is 133 Å². The van der Waals surface area contributed by atoms with Gasteiger partial charge in [0.2, 0.25) is 0 Å². The maximum Gasteiger partial charge on any atom is 0.137 e. The van der Waals surface area contributed by atoms with Crippen molar-refractivity contribution in [1.82, 2.24) is 14.5 Å². The minimum Gasteiger partial charge on any atom is -0.456 e. The van der Waals surface area contributed by atoms with E-state index in [1.165, 1.54) is 42.1 Å². The highest BCUT2D eigenvalue weighted by molar-refractivity contribution is 7.25. The normalized spacial score (nSPS) is 12.0. The first-order chi connectivity index (χ1) is 32.2. The number of furan rings is 1. The molecule has 0 aliphatic heterocycles. The van der Waals surface area contributed by atoms with Gasteiger partial charge in [0.15, 0.2) is 0 Å². The van der Waals surface area contributed by atoms with Crippen LogP contribution < -0.4 is 0 Å². The summed E-state index contributed by atoms with van der Waals surface area (Å²) in [6.07, 6.45) is 1.92. The summed E-state index contributed by atoms with van der Waals surface area (Å²) >= 11 is 1.86. The SMILES string of the molecule is c1ccc(-c2cc(-c3ccnc4c3ccc3ccc(-c5ccccc5)nc34)c3c(c2)oc2cc(-n4c5ccccc5c5cc(-c6cccc7sc8ccccc8c67)ccc54)ccc23)cc1. The molecule has 0 N–H and O–H groups in total. The standard InChI is InChI=1S/C60H35N3OS/c1-3-12-36(13-4-1)40-33-49(43-30-31-61-60-45(43)26-22-38-23-28-50(62-59(38)60)37-14-5-2-6-15-37)57-46-27-25-41(35-53(46)64-54(57)34-40)63-51-19-9-7-16-44(51)48-32-39(24-29-52(48)63)42-18-11-21-56-58(42)47-17-8-10-20-55(47)65-56/h1-35H. The monoisotopic (exact) mass is 845 g/mol. The van der Waals surface area contributed by atoms with Gasteiger partial charge < -0.3 is 8.98 Å². The molecule has 0 atom stereocenters. The third-order valence-electron chi connectivity index (χ3n) is 13.2. The molecule has 9 aromatic carbocycles. The Kier molecular flexibility index (Phi) is 7.82. The van der Waals surface area contributed by atoms with Gasteiger partial charge in [0, 0.05) is 76.0 Å². The lowest BCUT2D eigenvalue weighted by Crippen LogP contribution is -1.93.